The Hall–Kier alpha value is -2.21. The fraction of sp³-hybridized carbons (Fsp3) is 0.778. The largest absolute Gasteiger partial charge is 0.463 e. The minimum Gasteiger partial charge on any atom is -0.463 e. The molecule has 30 heavy (non-hydrogen) atoms. The average Bonchev–Trinajstić information content (AvgIpc) is 2.54. The standard InChI is InChI=1S/C18H29NO10S/c1-9(2)8-30(24,25)18-15(19-10(3)20)17(28-13(6)23)16(27-12(5)22)14(29-18)7-26-11(4)21/h9,14-18H,7-8H2,1-6H3,(H,19,20)/t14-,15-,16-,17-,18?/m1/s1. The maximum atomic E-state index is 13.0. The zero-order valence-electron chi connectivity index (χ0n) is 17.9. The summed E-state index contributed by atoms with van der Waals surface area (Å²) in [5, 5.41) is 2.44. The number of esters is 3. The van der Waals surface area contributed by atoms with Gasteiger partial charge in [0.15, 0.2) is 27.5 Å². The van der Waals surface area contributed by atoms with Gasteiger partial charge in [-0.05, 0) is 5.92 Å². The predicted molar refractivity (Wildman–Crippen MR) is 103 cm³/mol. The molecular formula is C18H29NO10S. The fourth-order valence-electron chi connectivity index (χ4n) is 3.16. The van der Waals surface area contributed by atoms with E-state index in [-0.39, 0.29) is 11.7 Å². The van der Waals surface area contributed by atoms with Crippen LogP contribution in [0, 0.1) is 5.92 Å². The summed E-state index contributed by atoms with van der Waals surface area (Å²) in [5.41, 5.74) is -1.62. The molecule has 1 heterocycles. The molecular weight excluding hydrogens is 422 g/mol. The molecule has 0 aliphatic carbocycles. The quantitative estimate of drug-likeness (QED) is 0.385. The third-order valence-corrected chi connectivity index (χ3v) is 6.23. The minimum absolute atomic E-state index is 0.262. The molecule has 0 radical (unpaired) electrons. The highest BCUT2D eigenvalue weighted by molar-refractivity contribution is 7.91. The molecule has 0 spiro atoms. The van der Waals surface area contributed by atoms with Crippen molar-refractivity contribution in [2.75, 3.05) is 12.4 Å². The number of amides is 1. The van der Waals surface area contributed by atoms with Crippen molar-refractivity contribution in [1.82, 2.24) is 5.32 Å². The van der Waals surface area contributed by atoms with E-state index in [9.17, 15) is 27.6 Å². The van der Waals surface area contributed by atoms with Crippen molar-refractivity contribution in [3.63, 3.8) is 0 Å². The number of nitrogens with one attached hydrogen (secondary N) is 1. The van der Waals surface area contributed by atoms with Crippen LogP contribution in [0.1, 0.15) is 41.5 Å². The number of rotatable bonds is 8. The molecule has 0 aromatic rings. The second kappa shape index (κ2) is 10.7. The lowest BCUT2D eigenvalue weighted by Crippen LogP contribution is -2.67. The van der Waals surface area contributed by atoms with Crippen molar-refractivity contribution < 1.29 is 46.5 Å². The predicted octanol–water partition coefficient (Wildman–Crippen LogP) is -0.287. The number of hydrogen-bond donors (Lipinski definition) is 1. The Labute approximate surface area is 175 Å². The molecule has 12 heteroatoms. The Morgan fingerprint density at radius 2 is 1.47 bits per heavy atom. The molecule has 1 unspecified atom stereocenters. The monoisotopic (exact) mass is 451 g/mol. The smallest absolute Gasteiger partial charge is 0.303 e. The van der Waals surface area contributed by atoms with E-state index in [4.69, 9.17) is 18.9 Å². The second-order valence-corrected chi connectivity index (χ2v) is 9.57. The Morgan fingerprint density at radius 3 is 1.90 bits per heavy atom. The molecule has 1 aliphatic rings. The molecule has 1 rings (SSSR count). The van der Waals surface area contributed by atoms with Crippen LogP contribution in [-0.2, 0) is 48.0 Å². The van der Waals surface area contributed by atoms with Crippen molar-refractivity contribution in [3.8, 4) is 0 Å². The van der Waals surface area contributed by atoms with Crippen LogP contribution in [0.3, 0.4) is 0 Å². The molecule has 1 fully saturated rings. The van der Waals surface area contributed by atoms with E-state index in [2.05, 4.69) is 5.32 Å². The molecule has 1 N–H and O–H groups in total. The molecule has 1 aliphatic heterocycles. The van der Waals surface area contributed by atoms with Gasteiger partial charge in [0.05, 0.1) is 5.75 Å². The number of carbonyl (C=O) groups is 4. The SMILES string of the molecule is CC(=O)N[C@H]1C(S(=O)(=O)CC(C)C)O[C@H](COC(C)=O)[C@@H](OC(C)=O)[C@@H]1OC(C)=O. The third kappa shape index (κ3) is 7.56. The summed E-state index contributed by atoms with van der Waals surface area (Å²) in [6.45, 7) is 7.41. The molecule has 11 nitrogen and oxygen atoms in total. The van der Waals surface area contributed by atoms with Gasteiger partial charge in [-0.3, -0.25) is 19.2 Å². The lowest BCUT2D eigenvalue weighted by molar-refractivity contribution is -0.212. The van der Waals surface area contributed by atoms with Crippen LogP contribution in [0.15, 0.2) is 0 Å². The summed E-state index contributed by atoms with van der Waals surface area (Å²) >= 11 is 0. The van der Waals surface area contributed by atoms with Crippen LogP contribution in [0.4, 0.5) is 0 Å². The molecule has 0 aromatic carbocycles. The van der Waals surface area contributed by atoms with E-state index >= 15 is 0 Å². The Morgan fingerprint density at radius 1 is 0.933 bits per heavy atom. The van der Waals surface area contributed by atoms with Gasteiger partial charge in [-0.1, -0.05) is 13.8 Å². The number of ether oxygens (including phenoxy) is 4. The average molecular weight is 451 g/mol. The van der Waals surface area contributed by atoms with E-state index in [1.54, 1.807) is 13.8 Å². The van der Waals surface area contributed by atoms with Gasteiger partial charge in [-0.25, -0.2) is 8.42 Å². The van der Waals surface area contributed by atoms with Gasteiger partial charge in [0.2, 0.25) is 5.91 Å². The van der Waals surface area contributed by atoms with Crippen LogP contribution in [0.25, 0.3) is 0 Å². The first-order valence-electron chi connectivity index (χ1n) is 9.36. The van der Waals surface area contributed by atoms with Gasteiger partial charge in [-0.15, -0.1) is 0 Å². The van der Waals surface area contributed by atoms with Gasteiger partial charge in [0.25, 0.3) is 0 Å². The van der Waals surface area contributed by atoms with E-state index in [1.807, 2.05) is 0 Å². The van der Waals surface area contributed by atoms with Crippen molar-refractivity contribution >= 4 is 33.7 Å². The van der Waals surface area contributed by atoms with Gasteiger partial charge >= 0.3 is 17.9 Å². The maximum absolute atomic E-state index is 13.0. The fourth-order valence-corrected chi connectivity index (χ4v) is 5.26. The van der Waals surface area contributed by atoms with Gasteiger partial charge in [-0.2, -0.15) is 0 Å². The van der Waals surface area contributed by atoms with E-state index in [0.29, 0.717) is 0 Å². The first-order valence-corrected chi connectivity index (χ1v) is 11.1. The second-order valence-electron chi connectivity index (χ2n) is 7.44. The van der Waals surface area contributed by atoms with Crippen molar-refractivity contribution in [2.24, 2.45) is 5.92 Å². The molecule has 1 saturated heterocycles. The summed E-state index contributed by atoms with van der Waals surface area (Å²) in [6, 6.07) is -1.35. The highest BCUT2D eigenvalue weighted by atomic mass is 32.2. The topological polar surface area (TPSA) is 151 Å². The lowest BCUT2D eigenvalue weighted by atomic mass is 9.97. The van der Waals surface area contributed by atoms with Gasteiger partial charge < -0.3 is 24.3 Å². The number of hydrogen-bond acceptors (Lipinski definition) is 10. The zero-order chi connectivity index (χ0) is 23.2. The van der Waals surface area contributed by atoms with Gasteiger partial charge in [0.1, 0.15) is 18.8 Å². The molecule has 0 bridgehead atoms. The van der Waals surface area contributed by atoms with Crippen LogP contribution >= 0.6 is 0 Å². The summed E-state index contributed by atoms with van der Waals surface area (Å²) in [7, 11) is -3.98. The Bertz CT molecular complexity index is 763. The molecule has 0 saturated carbocycles. The van der Waals surface area contributed by atoms with Crippen LogP contribution in [-0.4, -0.2) is 74.4 Å². The first-order chi connectivity index (χ1) is 13.7. The van der Waals surface area contributed by atoms with Crippen molar-refractivity contribution in [3.05, 3.63) is 0 Å². The van der Waals surface area contributed by atoms with Crippen LogP contribution in [0.2, 0.25) is 0 Å². The minimum atomic E-state index is -3.98. The first kappa shape index (κ1) is 25.8. The third-order valence-electron chi connectivity index (χ3n) is 3.99. The number of carbonyl (C=O) groups excluding carboxylic acids is 4. The van der Waals surface area contributed by atoms with E-state index in [0.717, 1.165) is 27.7 Å². The Kier molecular flexibility index (Phi) is 9.22. The van der Waals surface area contributed by atoms with Crippen LogP contribution in [0.5, 0.6) is 0 Å². The molecule has 172 valence electrons. The highest BCUT2D eigenvalue weighted by Gasteiger charge is 2.54. The number of sulfone groups is 1. The summed E-state index contributed by atoms with van der Waals surface area (Å²) in [4.78, 5) is 46.4. The summed E-state index contributed by atoms with van der Waals surface area (Å²) in [5.74, 6) is -3.37. The molecule has 0 aromatic heterocycles. The molecule has 1 amide bonds. The normalized spacial score (nSPS) is 26.6. The van der Waals surface area contributed by atoms with E-state index < -0.39 is 70.0 Å². The maximum Gasteiger partial charge on any atom is 0.303 e. The zero-order valence-corrected chi connectivity index (χ0v) is 18.7. The Balaban J connectivity index is 3.51. The van der Waals surface area contributed by atoms with Gasteiger partial charge in [0, 0.05) is 27.7 Å². The van der Waals surface area contributed by atoms with Crippen molar-refractivity contribution in [2.45, 2.75) is 71.3 Å². The van der Waals surface area contributed by atoms with E-state index in [1.165, 1.54) is 0 Å². The lowest BCUT2D eigenvalue weighted by Gasteiger charge is -2.45. The molecule has 5 atom stereocenters. The van der Waals surface area contributed by atoms with Crippen molar-refractivity contribution in [1.29, 1.82) is 0 Å². The van der Waals surface area contributed by atoms with Crippen LogP contribution < -0.4 is 5.32 Å². The highest BCUT2D eigenvalue weighted by Crippen LogP contribution is 2.30. The summed E-state index contributed by atoms with van der Waals surface area (Å²) in [6.07, 6.45) is -3.97. The summed E-state index contributed by atoms with van der Waals surface area (Å²) < 4.78 is 47.1.